The highest BCUT2D eigenvalue weighted by Crippen LogP contribution is 2.17. The maximum absolute atomic E-state index is 13.2. The van der Waals surface area contributed by atoms with Crippen molar-refractivity contribution in [2.24, 2.45) is 0 Å². The lowest BCUT2D eigenvalue weighted by molar-refractivity contribution is -0.151. The SMILES string of the molecule is CC/C=C\C/C=C\C/C=C\C/C=C\C/C=C\CCCC(CC(=O)NC(CO)C(O)CCCCCCCCCCCCCCCC)OC(=O)CCCCCCCC/C=C/C=C/CCCCC. The molecule has 6 heteroatoms. The van der Waals surface area contributed by atoms with Gasteiger partial charge in [0.25, 0.3) is 0 Å². The number of hydrogen-bond donors (Lipinski definition) is 3. The molecule has 0 bridgehead atoms. The van der Waals surface area contributed by atoms with Crippen molar-refractivity contribution in [1.82, 2.24) is 5.32 Å². The monoisotopic (exact) mass is 906 g/mol. The van der Waals surface area contributed by atoms with Crippen molar-refractivity contribution < 1.29 is 24.5 Å². The first-order valence-electron chi connectivity index (χ1n) is 27.3. The van der Waals surface area contributed by atoms with Crippen LogP contribution in [0.1, 0.15) is 252 Å². The number of carbonyl (C=O) groups is 2. The van der Waals surface area contributed by atoms with E-state index in [1.165, 1.54) is 116 Å². The quantitative estimate of drug-likeness (QED) is 0.0245. The number of ether oxygens (including phenoxy) is 1. The van der Waals surface area contributed by atoms with Gasteiger partial charge in [-0.3, -0.25) is 9.59 Å². The molecule has 374 valence electrons. The summed E-state index contributed by atoms with van der Waals surface area (Å²) < 4.78 is 5.92. The van der Waals surface area contributed by atoms with Gasteiger partial charge in [0.05, 0.1) is 25.2 Å². The second kappa shape index (κ2) is 52.0. The highest BCUT2D eigenvalue weighted by molar-refractivity contribution is 5.77. The predicted octanol–water partition coefficient (Wildman–Crippen LogP) is 16.7. The molecule has 0 saturated heterocycles. The Morgan fingerprint density at radius 2 is 0.892 bits per heavy atom. The Balaban J connectivity index is 4.71. The Labute approximate surface area is 402 Å². The molecule has 3 N–H and O–H groups in total. The second-order valence-corrected chi connectivity index (χ2v) is 18.3. The number of nitrogens with one attached hydrogen (secondary N) is 1. The van der Waals surface area contributed by atoms with Crippen LogP contribution in [0.15, 0.2) is 85.1 Å². The lowest BCUT2D eigenvalue weighted by Gasteiger charge is -2.24. The van der Waals surface area contributed by atoms with Crippen LogP contribution in [-0.2, 0) is 14.3 Å². The van der Waals surface area contributed by atoms with E-state index in [9.17, 15) is 19.8 Å². The fraction of sp³-hybridized carbons (Fsp3) is 0.729. The molecule has 0 saturated carbocycles. The van der Waals surface area contributed by atoms with Crippen LogP contribution in [0.25, 0.3) is 0 Å². The first-order chi connectivity index (χ1) is 32.0. The molecule has 0 aromatic rings. The van der Waals surface area contributed by atoms with Gasteiger partial charge >= 0.3 is 5.97 Å². The number of unbranched alkanes of at least 4 members (excludes halogenated alkanes) is 23. The van der Waals surface area contributed by atoms with Crippen LogP contribution in [-0.4, -0.2) is 46.9 Å². The predicted molar refractivity (Wildman–Crippen MR) is 282 cm³/mol. The number of aliphatic hydroxyl groups is 2. The van der Waals surface area contributed by atoms with Crippen molar-refractivity contribution in [2.75, 3.05) is 6.61 Å². The van der Waals surface area contributed by atoms with E-state index < -0.39 is 18.2 Å². The smallest absolute Gasteiger partial charge is 0.306 e. The number of carbonyl (C=O) groups excluding carboxylic acids is 2. The molecule has 0 aliphatic carbocycles. The number of amides is 1. The minimum atomic E-state index is -0.809. The fourth-order valence-corrected chi connectivity index (χ4v) is 7.87. The molecule has 0 spiro atoms. The molecule has 6 nitrogen and oxygen atoms in total. The molecule has 0 radical (unpaired) electrons. The van der Waals surface area contributed by atoms with Crippen LogP contribution in [0.4, 0.5) is 0 Å². The third-order valence-electron chi connectivity index (χ3n) is 12.0. The zero-order valence-electron chi connectivity index (χ0n) is 42.6. The summed E-state index contributed by atoms with van der Waals surface area (Å²) in [5, 5.41) is 23.8. The van der Waals surface area contributed by atoms with E-state index in [0.717, 1.165) is 89.9 Å². The van der Waals surface area contributed by atoms with Gasteiger partial charge in [0.1, 0.15) is 6.10 Å². The summed E-state index contributed by atoms with van der Waals surface area (Å²) in [5.74, 6) is -0.545. The van der Waals surface area contributed by atoms with Gasteiger partial charge in [-0.2, -0.15) is 0 Å². The van der Waals surface area contributed by atoms with Gasteiger partial charge in [0, 0.05) is 6.42 Å². The molecule has 65 heavy (non-hydrogen) atoms. The van der Waals surface area contributed by atoms with E-state index >= 15 is 0 Å². The van der Waals surface area contributed by atoms with Gasteiger partial charge in [0.15, 0.2) is 0 Å². The molecule has 0 aliphatic rings. The van der Waals surface area contributed by atoms with E-state index in [-0.39, 0.29) is 24.9 Å². The number of aliphatic hydroxyl groups excluding tert-OH is 2. The summed E-state index contributed by atoms with van der Waals surface area (Å²) in [6, 6.07) is -0.727. The summed E-state index contributed by atoms with van der Waals surface area (Å²) in [5.41, 5.74) is 0. The van der Waals surface area contributed by atoms with Crippen molar-refractivity contribution in [3.8, 4) is 0 Å². The minimum absolute atomic E-state index is 0.0303. The van der Waals surface area contributed by atoms with Gasteiger partial charge in [-0.15, -0.1) is 0 Å². The molecule has 3 unspecified atom stereocenters. The van der Waals surface area contributed by atoms with Crippen LogP contribution in [0, 0.1) is 0 Å². The average molecular weight is 906 g/mol. The molecule has 0 aliphatic heterocycles. The molecule has 0 rings (SSSR count). The fourth-order valence-electron chi connectivity index (χ4n) is 7.87. The van der Waals surface area contributed by atoms with Crippen molar-refractivity contribution in [1.29, 1.82) is 0 Å². The summed E-state index contributed by atoms with van der Waals surface area (Å²) in [7, 11) is 0. The van der Waals surface area contributed by atoms with E-state index in [4.69, 9.17) is 4.74 Å². The van der Waals surface area contributed by atoms with Crippen LogP contribution in [0.3, 0.4) is 0 Å². The lowest BCUT2D eigenvalue weighted by Crippen LogP contribution is -2.46. The molecule has 3 atom stereocenters. The van der Waals surface area contributed by atoms with Gasteiger partial charge in [-0.25, -0.2) is 0 Å². The van der Waals surface area contributed by atoms with Gasteiger partial charge in [-0.1, -0.05) is 234 Å². The molecular weight excluding hydrogens is 803 g/mol. The number of allylic oxidation sites excluding steroid dienone is 14. The Morgan fingerprint density at radius 1 is 0.477 bits per heavy atom. The Morgan fingerprint density at radius 3 is 1.40 bits per heavy atom. The maximum atomic E-state index is 13.2. The Bertz CT molecular complexity index is 1250. The molecule has 1 amide bonds. The van der Waals surface area contributed by atoms with Gasteiger partial charge in [0.2, 0.25) is 5.91 Å². The van der Waals surface area contributed by atoms with Crippen LogP contribution in [0.2, 0.25) is 0 Å². The van der Waals surface area contributed by atoms with E-state index in [2.05, 4.69) is 111 Å². The zero-order chi connectivity index (χ0) is 47.4. The lowest BCUT2D eigenvalue weighted by atomic mass is 10.0. The third kappa shape index (κ3) is 47.3. The summed E-state index contributed by atoms with van der Waals surface area (Å²) in [6.45, 7) is 6.33. The highest BCUT2D eigenvalue weighted by atomic mass is 16.5. The van der Waals surface area contributed by atoms with Crippen molar-refractivity contribution >= 4 is 11.9 Å². The van der Waals surface area contributed by atoms with Crippen LogP contribution < -0.4 is 5.32 Å². The number of rotatable bonds is 48. The van der Waals surface area contributed by atoms with E-state index in [0.29, 0.717) is 19.3 Å². The first kappa shape index (κ1) is 62.0. The van der Waals surface area contributed by atoms with Gasteiger partial charge in [-0.05, 0) is 89.9 Å². The molecule has 0 aromatic carbocycles. The molecule has 0 aromatic heterocycles. The first-order valence-corrected chi connectivity index (χ1v) is 27.3. The van der Waals surface area contributed by atoms with Crippen molar-refractivity contribution in [2.45, 2.75) is 270 Å². The average Bonchev–Trinajstić information content (AvgIpc) is 3.30. The van der Waals surface area contributed by atoms with Crippen molar-refractivity contribution in [3.63, 3.8) is 0 Å². The maximum Gasteiger partial charge on any atom is 0.306 e. The topological polar surface area (TPSA) is 95.9 Å². The molecular formula is C59H103NO5. The molecule has 0 fully saturated rings. The summed E-state index contributed by atoms with van der Waals surface area (Å²) in [4.78, 5) is 26.2. The number of hydrogen-bond acceptors (Lipinski definition) is 5. The highest BCUT2D eigenvalue weighted by Gasteiger charge is 2.24. The normalized spacial score (nSPS) is 13.9. The zero-order valence-corrected chi connectivity index (χ0v) is 42.6. The third-order valence-corrected chi connectivity index (χ3v) is 12.0. The van der Waals surface area contributed by atoms with E-state index in [1.54, 1.807) is 0 Å². The summed E-state index contributed by atoms with van der Waals surface area (Å²) in [6.07, 6.45) is 67.8. The standard InChI is InChI=1S/C59H103NO5/c1-4-7-10-13-16-19-22-25-28-29-31-32-35-38-41-44-47-50-55(65-59(64)52-49-46-43-40-37-34-30-26-23-20-17-14-11-8-5-2)53-58(63)60-56(54-61)57(62)51-48-45-42-39-36-33-27-24-21-18-15-12-9-6-3/h7,10,16-17,19-20,23,25-26,28,31-32,38,41,55-57,61-62H,4-6,8-9,11-15,18,21-22,24,27,29-30,33-37,39-40,42-54H2,1-3H3,(H,60,63)/b10-7-,19-16-,20-17+,26-23+,28-25-,32-31-,41-38-. The summed E-state index contributed by atoms with van der Waals surface area (Å²) >= 11 is 0. The van der Waals surface area contributed by atoms with Crippen molar-refractivity contribution in [3.05, 3.63) is 85.1 Å². The Hall–Kier alpha value is -2.96. The molecule has 0 heterocycles. The second-order valence-electron chi connectivity index (χ2n) is 18.3. The van der Waals surface area contributed by atoms with E-state index in [1.807, 2.05) is 0 Å². The minimum Gasteiger partial charge on any atom is -0.462 e. The van der Waals surface area contributed by atoms with Gasteiger partial charge < -0.3 is 20.3 Å². The van der Waals surface area contributed by atoms with Crippen LogP contribution >= 0.6 is 0 Å². The van der Waals surface area contributed by atoms with Crippen LogP contribution in [0.5, 0.6) is 0 Å². The Kier molecular flexibility index (Phi) is 49.6. The largest absolute Gasteiger partial charge is 0.462 e. The number of esters is 1.